The first-order chi connectivity index (χ1) is 13.0. The highest BCUT2D eigenvalue weighted by Gasteiger charge is 2.46. The first-order valence-electron chi connectivity index (χ1n) is 7.56. The van der Waals surface area contributed by atoms with Crippen molar-refractivity contribution in [1.82, 2.24) is 19.5 Å². The van der Waals surface area contributed by atoms with Crippen molar-refractivity contribution >= 4 is 32.6 Å². The summed E-state index contributed by atoms with van der Waals surface area (Å²) in [4.78, 5) is 30.3. The molecule has 6 atom stereocenters. The average Bonchev–Trinajstić information content (AvgIpc) is 3.16. The van der Waals surface area contributed by atoms with Gasteiger partial charge in [-0.1, -0.05) is 0 Å². The first kappa shape index (κ1) is 21.2. The van der Waals surface area contributed by atoms with Gasteiger partial charge in [-0.2, -0.15) is 4.31 Å². The SMILES string of the molecule is COP(=O)(O)OP(=O)(O)OC[C@H]1O[C@@H](n2cnc3c(N)ncnc32)[C@H](O)[C@@H]1O. The summed E-state index contributed by atoms with van der Waals surface area (Å²) < 4.78 is 42.3. The van der Waals surface area contributed by atoms with E-state index in [4.69, 9.17) is 15.4 Å². The third-order valence-electron chi connectivity index (χ3n) is 3.84. The maximum absolute atomic E-state index is 11.7. The third-order valence-corrected chi connectivity index (χ3v) is 6.43. The number of phosphoric acid groups is 2. The van der Waals surface area contributed by atoms with E-state index in [2.05, 4.69) is 28.3 Å². The molecule has 2 aromatic heterocycles. The second-order valence-corrected chi connectivity index (χ2v) is 8.78. The Morgan fingerprint density at radius 2 is 1.93 bits per heavy atom. The van der Waals surface area contributed by atoms with Gasteiger partial charge < -0.3 is 30.5 Å². The topological polar surface area (TPSA) is 222 Å². The highest BCUT2D eigenvalue weighted by atomic mass is 31.3. The predicted molar refractivity (Wildman–Crippen MR) is 89.4 cm³/mol. The summed E-state index contributed by atoms with van der Waals surface area (Å²) in [6, 6.07) is 0. The van der Waals surface area contributed by atoms with Crippen LogP contribution in [0.25, 0.3) is 11.2 Å². The van der Waals surface area contributed by atoms with Crippen LogP contribution < -0.4 is 5.73 Å². The van der Waals surface area contributed by atoms with Gasteiger partial charge in [0.25, 0.3) is 0 Å². The number of nitrogens with two attached hydrogens (primary N) is 1. The third kappa shape index (κ3) is 4.23. The minimum absolute atomic E-state index is 0.0987. The Labute approximate surface area is 156 Å². The van der Waals surface area contributed by atoms with Gasteiger partial charge in [-0.15, -0.1) is 0 Å². The van der Waals surface area contributed by atoms with E-state index in [1.54, 1.807) is 0 Å². The molecule has 1 fully saturated rings. The number of nitrogens with zero attached hydrogens (tertiary/aromatic N) is 4. The predicted octanol–water partition coefficient (Wildman–Crippen LogP) is -1.09. The van der Waals surface area contributed by atoms with Gasteiger partial charge in [-0.05, 0) is 0 Å². The molecule has 3 heterocycles. The number of fused-ring (bicyclic) bond motifs is 1. The molecule has 2 aromatic rings. The smallest absolute Gasteiger partial charge is 0.387 e. The van der Waals surface area contributed by atoms with E-state index in [-0.39, 0.29) is 17.0 Å². The number of aromatic nitrogens is 4. The molecule has 0 radical (unpaired) electrons. The first-order valence-corrected chi connectivity index (χ1v) is 10.6. The lowest BCUT2D eigenvalue weighted by atomic mass is 10.1. The molecule has 2 unspecified atom stereocenters. The molecule has 15 nitrogen and oxygen atoms in total. The van der Waals surface area contributed by atoms with Gasteiger partial charge in [0.1, 0.15) is 30.2 Å². The van der Waals surface area contributed by atoms with E-state index >= 15 is 0 Å². The van der Waals surface area contributed by atoms with Crippen LogP contribution in [-0.4, -0.2) is 71.5 Å². The molecule has 28 heavy (non-hydrogen) atoms. The fraction of sp³-hybridized carbons (Fsp3) is 0.545. The number of nitrogen functional groups attached to an aromatic ring is 1. The van der Waals surface area contributed by atoms with Crippen molar-refractivity contribution in [2.45, 2.75) is 24.5 Å². The molecular formula is C11H17N5O10P2. The highest BCUT2D eigenvalue weighted by Crippen LogP contribution is 2.60. The van der Waals surface area contributed by atoms with E-state index in [1.807, 2.05) is 0 Å². The lowest BCUT2D eigenvalue weighted by molar-refractivity contribution is -0.0503. The monoisotopic (exact) mass is 441 g/mol. The number of hydrogen-bond acceptors (Lipinski definition) is 12. The number of phosphoric ester groups is 2. The number of anilines is 1. The van der Waals surface area contributed by atoms with Gasteiger partial charge in [0.05, 0.1) is 12.9 Å². The molecule has 0 saturated carbocycles. The second-order valence-electron chi connectivity index (χ2n) is 5.63. The van der Waals surface area contributed by atoms with E-state index in [9.17, 15) is 24.2 Å². The number of imidazole rings is 1. The maximum atomic E-state index is 11.7. The Balaban J connectivity index is 1.73. The summed E-state index contributed by atoms with van der Waals surface area (Å²) in [5, 5.41) is 20.4. The van der Waals surface area contributed by atoms with Crippen molar-refractivity contribution in [2.24, 2.45) is 0 Å². The molecule has 0 spiro atoms. The normalized spacial score (nSPS) is 29.6. The molecule has 6 N–H and O–H groups in total. The summed E-state index contributed by atoms with van der Waals surface area (Å²) >= 11 is 0. The highest BCUT2D eigenvalue weighted by molar-refractivity contribution is 7.61. The Bertz CT molecular complexity index is 955. The molecule has 3 rings (SSSR count). The zero-order valence-corrected chi connectivity index (χ0v) is 16.0. The largest absolute Gasteiger partial charge is 0.481 e. The Hall–Kier alpha value is -1.51. The van der Waals surface area contributed by atoms with Gasteiger partial charge in [-0.25, -0.2) is 24.1 Å². The van der Waals surface area contributed by atoms with Crippen LogP contribution in [0.15, 0.2) is 12.7 Å². The fourth-order valence-electron chi connectivity index (χ4n) is 2.51. The summed E-state index contributed by atoms with van der Waals surface area (Å²) in [7, 11) is -9.03. The van der Waals surface area contributed by atoms with Crippen molar-refractivity contribution in [3.8, 4) is 0 Å². The molecular weight excluding hydrogens is 424 g/mol. The van der Waals surface area contributed by atoms with Crippen LogP contribution in [0.1, 0.15) is 6.23 Å². The lowest BCUT2D eigenvalue weighted by Crippen LogP contribution is -2.33. The summed E-state index contributed by atoms with van der Waals surface area (Å²) in [5.74, 6) is 0.0987. The van der Waals surface area contributed by atoms with Gasteiger partial charge in [0.15, 0.2) is 17.7 Å². The van der Waals surface area contributed by atoms with Crippen LogP contribution in [0.4, 0.5) is 5.82 Å². The van der Waals surface area contributed by atoms with Crippen molar-refractivity contribution in [2.75, 3.05) is 19.5 Å². The van der Waals surface area contributed by atoms with Gasteiger partial charge in [-0.3, -0.25) is 13.6 Å². The van der Waals surface area contributed by atoms with Crippen LogP contribution in [0.5, 0.6) is 0 Å². The molecule has 17 heteroatoms. The van der Waals surface area contributed by atoms with E-state index in [1.165, 1.54) is 17.2 Å². The van der Waals surface area contributed by atoms with Crippen molar-refractivity contribution < 1.29 is 47.2 Å². The van der Waals surface area contributed by atoms with E-state index < -0.39 is 46.8 Å². The molecule has 1 aliphatic heterocycles. The quantitative estimate of drug-likeness (QED) is 0.322. The molecule has 1 saturated heterocycles. The van der Waals surface area contributed by atoms with Gasteiger partial charge in [0.2, 0.25) is 0 Å². The number of rotatable bonds is 7. The van der Waals surface area contributed by atoms with Gasteiger partial charge in [0, 0.05) is 7.11 Å². The van der Waals surface area contributed by atoms with Crippen LogP contribution in [0.3, 0.4) is 0 Å². The van der Waals surface area contributed by atoms with Crippen molar-refractivity contribution in [3.63, 3.8) is 0 Å². The van der Waals surface area contributed by atoms with Crippen LogP contribution in [0, 0.1) is 0 Å². The zero-order chi connectivity index (χ0) is 20.7. The molecule has 1 aliphatic rings. The Morgan fingerprint density at radius 3 is 2.61 bits per heavy atom. The molecule has 0 aromatic carbocycles. The van der Waals surface area contributed by atoms with Crippen molar-refractivity contribution in [3.05, 3.63) is 12.7 Å². The zero-order valence-electron chi connectivity index (χ0n) is 14.2. The summed E-state index contributed by atoms with van der Waals surface area (Å²) in [6.07, 6.45) is -3.04. The summed E-state index contributed by atoms with van der Waals surface area (Å²) in [5.41, 5.74) is 6.16. The lowest BCUT2D eigenvalue weighted by Gasteiger charge is -2.18. The Kier molecular flexibility index (Phi) is 5.85. The van der Waals surface area contributed by atoms with Crippen LogP contribution in [0.2, 0.25) is 0 Å². The van der Waals surface area contributed by atoms with Crippen LogP contribution >= 0.6 is 15.6 Å². The van der Waals surface area contributed by atoms with Gasteiger partial charge >= 0.3 is 15.6 Å². The molecule has 0 bridgehead atoms. The number of aliphatic hydroxyl groups excluding tert-OH is 2. The summed E-state index contributed by atoms with van der Waals surface area (Å²) in [6.45, 7) is -0.754. The number of ether oxygens (including phenoxy) is 1. The number of hydrogen-bond donors (Lipinski definition) is 5. The fourth-order valence-corrected chi connectivity index (χ4v) is 4.34. The van der Waals surface area contributed by atoms with E-state index in [0.717, 1.165) is 7.11 Å². The standard InChI is InChI=1S/C11H17N5O10P2/c1-23-27(19,20)26-28(21,22)24-2-5-7(17)8(18)11(25-5)16-4-15-6-9(12)13-3-14-10(6)16/h3-5,7-8,11,17-18H,2H2,1H3,(H,19,20)(H,21,22)(H2,12,13,14)/t5-,7-,8-,11-/m1/s1. The van der Waals surface area contributed by atoms with Crippen LogP contribution in [-0.2, 0) is 27.2 Å². The average molecular weight is 441 g/mol. The minimum Gasteiger partial charge on any atom is -0.387 e. The van der Waals surface area contributed by atoms with Crippen molar-refractivity contribution in [1.29, 1.82) is 0 Å². The van der Waals surface area contributed by atoms with E-state index in [0.29, 0.717) is 0 Å². The molecule has 0 amide bonds. The second kappa shape index (κ2) is 7.72. The maximum Gasteiger partial charge on any atom is 0.481 e. The minimum atomic E-state index is -5.02. The number of aliphatic hydroxyl groups is 2. The Morgan fingerprint density at radius 1 is 1.21 bits per heavy atom. The molecule has 156 valence electrons. The molecule has 0 aliphatic carbocycles.